The molecule has 1 aliphatic heterocycles. The number of furan rings is 1. The second-order valence-electron chi connectivity index (χ2n) is 5.67. The summed E-state index contributed by atoms with van der Waals surface area (Å²) in [6.07, 6.45) is 1.68. The van der Waals surface area contributed by atoms with E-state index in [0.717, 1.165) is 10.0 Å². The Morgan fingerprint density at radius 1 is 1.11 bits per heavy atom. The van der Waals surface area contributed by atoms with Crippen molar-refractivity contribution in [2.75, 3.05) is 0 Å². The number of halogens is 2. The average Bonchev–Trinajstić information content (AvgIpc) is 3.24. The maximum Gasteiger partial charge on any atom is 0.264 e. The van der Waals surface area contributed by atoms with Gasteiger partial charge in [-0.15, -0.1) is 0 Å². The predicted molar refractivity (Wildman–Crippen MR) is 109 cm³/mol. The van der Waals surface area contributed by atoms with Gasteiger partial charge in [0.15, 0.2) is 5.17 Å². The Bertz CT molecular complexity index is 1070. The van der Waals surface area contributed by atoms with Crippen LogP contribution in [-0.2, 0) is 4.79 Å². The first-order valence-corrected chi connectivity index (χ1v) is 9.59. The number of thioether (sulfide) groups is 1. The summed E-state index contributed by atoms with van der Waals surface area (Å²) >= 11 is 4.65. The number of nitrogens with one attached hydrogen (secondary N) is 1. The number of nitrogens with zero attached hydrogens (tertiary/aromatic N) is 1. The molecule has 27 heavy (non-hydrogen) atoms. The Kier molecular flexibility index (Phi) is 4.96. The molecular formula is C20H12BrFN2O2S. The molecule has 0 atom stereocenters. The minimum absolute atomic E-state index is 0.249. The summed E-state index contributed by atoms with van der Waals surface area (Å²) in [4.78, 5) is 17.0. The molecule has 0 radical (unpaired) electrons. The number of amides is 1. The molecule has 1 aromatic heterocycles. The van der Waals surface area contributed by atoms with Gasteiger partial charge in [-0.25, -0.2) is 9.38 Å². The third kappa shape index (κ3) is 4.20. The van der Waals surface area contributed by atoms with E-state index in [1.807, 2.05) is 36.4 Å². The molecule has 2 aromatic carbocycles. The van der Waals surface area contributed by atoms with Crippen LogP contribution in [-0.4, -0.2) is 11.1 Å². The van der Waals surface area contributed by atoms with Crippen LogP contribution in [0.25, 0.3) is 17.4 Å². The van der Waals surface area contributed by atoms with Crippen molar-refractivity contribution in [1.29, 1.82) is 0 Å². The lowest BCUT2D eigenvalue weighted by molar-refractivity contribution is -0.115. The van der Waals surface area contributed by atoms with E-state index in [-0.39, 0.29) is 11.7 Å². The third-order valence-corrected chi connectivity index (χ3v) is 5.12. The van der Waals surface area contributed by atoms with Gasteiger partial charge in [0.05, 0.1) is 10.6 Å². The molecule has 0 spiro atoms. The van der Waals surface area contributed by atoms with Crippen molar-refractivity contribution >= 4 is 50.5 Å². The summed E-state index contributed by atoms with van der Waals surface area (Å²) in [6.45, 7) is 0. The minimum atomic E-state index is -0.332. The fraction of sp³-hybridized carbons (Fsp3) is 0. The fourth-order valence-corrected chi connectivity index (χ4v) is 3.69. The minimum Gasteiger partial charge on any atom is -0.457 e. The Morgan fingerprint density at radius 2 is 1.93 bits per heavy atom. The van der Waals surface area contributed by atoms with Gasteiger partial charge in [-0.3, -0.25) is 4.79 Å². The molecule has 3 aromatic rings. The third-order valence-electron chi connectivity index (χ3n) is 3.72. The maximum absolute atomic E-state index is 13.0. The van der Waals surface area contributed by atoms with Crippen LogP contribution in [0, 0.1) is 5.82 Å². The highest BCUT2D eigenvalue weighted by atomic mass is 79.9. The van der Waals surface area contributed by atoms with E-state index in [1.54, 1.807) is 18.2 Å². The smallest absolute Gasteiger partial charge is 0.264 e. The second kappa shape index (κ2) is 7.54. The van der Waals surface area contributed by atoms with Crippen LogP contribution in [0.1, 0.15) is 5.76 Å². The molecule has 4 rings (SSSR count). The van der Waals surface area contributed by atoms with E-state index >= 15 is 0 Å². The van der Waals surface area contributed by atoms with Crippen molar-refractivity contribution in [2.45, 2.75) is 0 Å². The van der Waals surface area contributed by atoms with Crippen LogP contribution in [0.2, 0.25) is 0 Å². The van der Waals surface area contributed by atoms with Gasteiger partial charge in [0, 0.05) is 16.1 Å². The van der Waals surface area contributed by atoms with Gasteiger partial charge in [-0.2, -0.15) is 0 Å². The largest absolute Gasteiger partial charge is 0.457 e. The summed E-state index contributed by atoms with van der Waals surface area (Å²) in [5.74, 6) is 0.709. The lowest BCUT2D eigenvalue weighted by Crippen LogP contribution is -2.19. The van der Waals surface area contributed by atoms with E-state index < -0.39 is 0 Å². The molecule has 0 aliphatic carbocycles. The van der Waals surface area contributed by atoms with E-state index in [2.05, 4.69) is 26.2 Å². The van der Waals surface area contributed by atoms with Crippen molar-refractivity contribution in [3.8, 4) is 11.3 Å². The van der Waals surface area contributed by atoms with Crippen molar-refractivity contribution < 1.29 is 13.6 Å². The van der Waals surface area contributed by atoms with Gasteiger partial charge >= 0.3 is 0 Å². The van der Waals surface area contributed by atoms with Crippen molar-refractivity contribution in [3.05, 3.63) is 81.6 Å². The highest BCUT2D eigenvalue weighted by Gasteiger charge is 2.24. The van der Waals surface area contributed by atoms with E-state index in [9.17, 15) is 9.18 Å². The number of hydrogen-bond acceptors (Lipinski definition) is 4. The molecule has 7 heteroatoms. The zero-order valence-electron chi connectivity index (χ0n) is 13.8. The normalized spacial score (nSPS) is 16.9. The Morgan fingerprint density at radius 3 is 2.70 bits per heavy atom. The quantitative estimate of drug-likeness (QED) is 0.526. The molecule has 4 nitrogen and oxygen atoms in total. The first kappa shape index (κ1) is 17.8. The Balaban J connectivity index is 1.54. The van der Waals surface area contributed by atoms with E-state index in [0.29, 0.717) is 27.3 Å². The first-order valence-electron chi connectivity index (χ1n) is 7.98. The molecular weight excluding hydrogens is 431 g/mol. The SMILES string of the molecule is O=C1NC(=Nc2ccc(F)cc2)S/C1=C/c1ccc(-c2cccc(Br)c2)o1. The zero-order chi connectivity index (χ0) is 18.8. The van der Waals surface area contributed by atoms with Crippen LogP contribution in [0.4, 0.5) is 10.1 Å². The van der Waals surface area contributed by atoms with Crippen molar-refractivity contribution in [1.82, 2.24) is 5.32 Å². The van der Waals surface area contributed by atoms with Gasteiger partial charge in [-0.05, 0) is 60.3 Å². The van der Waals surface area contributed by atoms with Crippen molar-refractivity contribution in [2.24, 2.45) is 4.99 Å². The molecule has 0 bridgehead atoms. The number of rotatable bonds is 3. The van der Waals surface area contributed by atoms with Crippen molar-refractivity contribution in [3.63, 3.8) is 0 Å². The summed E-state index contributed by atoms with van der Waals surface area (Å²) in [5, 5.41) is 3.14. The summed E-state index contributed by atoms with van der Waals surface area (Å²) in [7, 11) is 0. The molecule has 134 valence electrons. The monoisotopic (exact) mass is 442 g/mol. The van der Waals surface area contributed by atoms with Crippen LogP contribution in [0.5, 0.6) is 0 Å². The van der Waals surface area contributed by atoms with Gasteiger partial charge in [0.1, 0.15) is 17.3 Å². The van der Waals surface area contributed by atoms with E-state index in [4.69, 9.17) is 4.42 Å². The number of hydrogen-bond donors (Lipinski definition) is 1. The summed E-state index contributed by atoms with van der Waals surface area (Å²) in [6, 6.07) is 17.2. The lowest BCUT2D eigenvalue weighted by atomic mass is 10.2. The van der Waals surface area contributed by atoms with Gasteiger partial charge < -0.3 is 9.73 Å². The summed E-state index contributed by atoms with van der Waals surface area (Å²) < 4.78 is 19.8. The topological polar surface area (TPSA) is 54.6 Å². The first-order chi connectivity index (χ1) is 13.1. The molecule has 1 aliphatic rings. The number of carbonyl (C=O) groups excluding carboxylic acids is 1. The molecule has 2 heterocycles. The molecule has 0 saturated carbocycles. The highest BCUT2D eigenvalue weighted by Crippen LogP contribution is 2.30. The lowest BCUT2D eigenvalue weighted by Gasteiger charge is -1.97. The number of aliphatic imine (C=N–C) groups is 1. The fourth-order valence-electron chi connectivity index (χ4n) is 2.47. The average molecular weight is 443 g/mol. The molecule has 1 amide bonds. The standard InChI is InChI=1S/C20H12BrFN2O2S/c21-13-3-1-2-12(10-13)17-9-8-16(26-17)11-18-19(25)24-20(27-18)23-15-6-4-14(22)5-7-15/h1-11H,(H,23,24,25)/b18-11+. The zero-order valence-corrected chi connectivity index (χ0v) is 16.2. The summed E-state index contributed by atoms with van der Waals surface area (Å²) in [5.41, 5.74) is 1.51. The molecule has 0 unspecified atom stereocenters. The molecule has 1 N–H and O–H groups in total. The van der Waals surface area contributed by atoms with Gasteiger partial charge in [0.2, 0.25) is 0 Å². The van der Waals surface area contributed by atoms with E-state index in [1.165, 1.54) is 23.9 Å². The number of benzene rings is 2. The molecule has 1 fully saturated rings. The number of amidine groups is 1. The maximum atomic E-state index is 13.0. The Hall–Kier alpha value is -2.64. The van der Waals surface area contributed by atoms with Crippen LogP contribution >= 0.6 is 27.7 Å². The van der Waals surface area contributed by atoms with Gasteiger partial charge in [-0.1, -0.05) is 28.1 Å². The highest BCUT2D eigenvalue weighted by molar-refractivity contribution is 9.10. The number of carbonyl (C=O) groups is 1. The van der Waals surface area contributed by atoms with Crippen LogP contribution in [0.15, 0.2) is 79.5 Å². The van der Waals surface area contributed by atoms with Crippen LogP contribution in [0.3, 0.4) is 0 Å². The predicted octanol–water partition coefficient (Wildman–Crippen LogP) is 5.74. The molecule has 1 saturated heterocycles. The second-order valence-corrected chi connectivity index (χ2v) is 7.62. The van der Waals surface area contributed by atoms with Crippen LogP contribution < -0.4 is 5.32 Å². The van der Waals surface area contributed by atoms with Gasteiger partial charge in [0.25, 0.3) is 5.91 Å². The Labute approximate surface area is 167 Å².